The number of piperidine rings is 1. The first-order chi connectivity index (χ1) is 24.2. The van der Waals surface area contributed by atoms with Gasteiger partial charge in [0.1, 0.15) is 6.79 Å². The molecular formula is C35H40F2N8O5. The van der Waals surface area contributed by atoms with E-state index in [2.05, 4.69) is 20.6 Å². The van der Waals surface area contributed by atoms with Crippen molar-refractivity contribution < 1.29 is 33.0 Å². The molecule has 264 valence electrons. The number of fused-ring (bicyclic) bond motifs is 1. The Balaban J connectivity index is 0.00000107. The van der Waals surface area contributed by atoms with Crippen LogP contribution in [0.15, 0.2) is 48.9 Å². The van der Waals surface area contributed by atoms with E-state index in [1.165, 1.54) is 38.6 Å². The van der Waals surface area contributed by atoms with Crippen molar-refractivity contribution in [2.75, 3.05) is 51.7 Å². The molecule has 6 rings (SSSR count). The zero-order valence-electron chi connectivity index (χ0n) is 28.2. The van der Waals surface area contributed by atoms with Gasteiger partial charge in [0.2, 0.25) is 11.7 Å². The van der Waals surface area contributed by atoms with Crippen molar-refractivity contribution in [3.63, 3.8) is 0 Å². The number of piperazine rings is 1. The van der Waals surface area contributed by atoms with Crippen LogP contribution in [0.2, 0.25) is 0 Å². The van der Waals surface area contributed by atoms with E-state index < -0.39 is 23.7 Å². The molecule has 2 aromatic heterocycles. The fourth-order valence-electron chi connectivity index (χ4n) is 6.07. The molecule has 2 fully saturated rings. The third kappa shape index (κ3) is 7.88. The second-order valence-corrected chi connectivity index (χ2v) is 11.4. The lowest BCUT2D eigenvalue weighted by Crippen LogP contribution is -2.55. The molecule has 2 aliphatic rings. The van der Waals surface area contributed by atoms with Gasteiger partial charge in [-0.3, -0.25) is 14.0 Å². The molecule has 0 bridgehead atoms. The number of aromatic nitrogens is 3. The molecule has 0 unspecified atom stereocenters. The number of halogens is 2. The Hall–Kier alpha value is -5.46. The number of methoxy groups -OCH3 is 1. The number of amides is 2. The van der Waals surface area contributed by atoms with E-state index >= 15 is 0 Å². The minimum atomic E-state index is -1.08. The van der Waals surface area contributed by atoms with Crippen molar-refractivity contribution in [2.45, 2.75) is 32.8 Å². The van der Waals surface area contributed by atoms with E-state index in [0.29, 0.717) is 80.5 Å². The Bertz CT molecular complexity index is 1850. The first-order valence-electron chi connectivity index (χ1n) is 16.0. The van der Waals surface area contributed by atoms with Crippen molar-refractivity contribution in [2.24, 2.45) is 5.92 Å². The van der Waals surface area contributed by atoms with Crippen LogP contribution >= 0.6 is 0 Å². The lowest BCUT2D eigenvalue weighted by Gasteiger charge is -2.38. The van der Waals surface area contributed by atoms with Crippen molar-refractivity contribution in [1.82, 2.24) is 29.5 Å². The SMILES string of the molecule is C=O.CC#N.CCc1cc(Nc2nccn3c(-c4ccc(OC)c(F)c4F)cnc23)ccc1C(=O)N1CCN(C(=O)[C@H]2CCNC[C@H]2O)CC1. The number of hydrogen-bond donors (Lipinski definition) is 3. The summed E-state index contributed by atoms with van der Waals surface area (Å²) in [6, 6.07) is 10.0. The molecule has 0 spiro atoms. The number of aliphatic hydroxyl groups excluding tert-OH is 1. The monoisotopic (exact) mass is 690 g/mol. The summed E-state index contributed by atoms with van der Waals surface area (Å²) in [5.41, 5.74) is 2.90. The van der Waals surface area contributed by atoms with Crippen LogP contribution in [0.3, 0.4) is 0 Å². The highest BCUT2D eigenvalue weighted by molar-refractivity contribution is 5.96. The maximum atomic E-state index is 14.9. The van der Waals surface area contributed by atoms with E-state index in [-0.39, 0.29) is 23.1 Å². The largest absolute Gasteiger partial charge is 0.494 e. The Labute approximate surface area is 288 Å². The van der Waals surface area contributed by atoms with Gasteiger partial charge >= 0.3 is 0 Å². The van der Waals surface area contributed by atoms with Gasteiger partial charge in [-0.05, 0) is 55.3 Å². The second-order valence-electron chi connectivity index (χ2n) is 11.4. The molecule has 2 aliphatic heterocycles. The van der Waals surface area contributed by atoms with Gasteiger partial charge in [0, 0.05) is 68.9 Å². The molecular weight excluding hydrogens is 650 g/mol. The number of benzene rings is 2. The third-order valence-electron chi connectivity index (χ3n) is 8.60. The van der Waals surface area contributed by atoms with Crippen LogP contribution in [0.25, 0.3) is 16.9 Å². The summed E-state index contributed by atoms with van der Waals surface area (Å²) >= 11 is 0. The molecule has 4 aromatic rings. The number of aliphatic hydroxyl groups is 1. The number of anilines is 2. The maximum Gasteiger partial charge on any atom is 0.254 e. The molecule has 50 heavy (non-hydrogen) atoms. The topological polar surface area (TPSA) is 165 Å². The van der Waals surface area contributed by atoms with Crippen molar-refractivity contribution in [3.05, 3.63) is 71.7 Å². The van der Waals surface area contributed by atoms with Crippen LogP contribution in [0.4, 0.5) is 20.3 Å². The molecule has 0 radical (unpaired) electrons. The number of hydrogen-bond acceptors (Lipinski definition) is 10. The number of nitrogens with one attached hydrogen (secondary N) is 2. The highest BCUT2D eigenvalue weighted by Gasteiger charge is 2.34. The zero-order chi connectivity index (χ0) is 36.4. The highest BCUT2D eigenvalue weighted by Crippen LogP contribution is 2.32. The van der Waals surface area contributed by atoms with E-state index in [9.17, 15) is 23.5 Å². The lowest BCUT2D eigenvalue weighted by atomic mass is 9.93. The van der Waals surface area contributed by atoms with Crippen LogP contribution in [0.1, 0.15) is 36.2 Å². The van der Waals surface area contributed by atoms with Crippen LogP contribution in [-0.2, 0) is 16.0 Å². The Morgan fingerprint density at radius 2 is 1.82 bits per heavy atom. The van der Waals surface area contributed by atoms with Gasteiger partial charge < -0.3 is 35.1 Å². The van der Waals surface area contributed by atoms with E-state index in [1.807, 2.05) is 19.8 Å². The number of carbonyl (C=O) groups excluding carboxylic acids is 3. The third-order valence-corrected chi connectivity index (χ3v) is 8.60. The normalized spacial score (nSPS) is 17.1. The standard InChI is InChI=1S/C32H35F2N7O4.C2H3N.CH2O/c1-3-19-16-20(4-5-21(19)31(43)39-12-14-40(15-13-39)32(44)23-8-9-35-18-25(23)42)38-29-30-37-17-24(41(30)11-10-36-29)22-6-7-26(45-2)28(34)27(22)33;1-2-3;1-2/h4-7,10-11,16-17,23,25,35,42H,3,8-9,12-15,18H2,1-2H3,(H,36,38);1H3;1H2/t23-,25+;;/m0../s1. The van der Waals surface area contributed by atoms with E-state index in [1.54, 1.807) is 38.6 Å². The number of aryl methyl sites for hydroxylation is 1. The Kier molecular flexibility index (Phi) is 12.9. The summed E-state index contributed by atoms with van der Waals surface area (Å²) in [4.78, 5) is 46.9. The average Bonchev–Trinajstić information content (AvgIpc) is 3.58. The van der Waals surface area contributed by atoms with Gasteiger partial charge in [-0.15, -0.1) is 0 Å². The predicted octanol–water partition coefficient (Wildman–Crippen LogP) is 3.59. The van der Waals surface area contributed by atoms with Gasteiger partial charge in [-0.25, -0.2) is 14.4 Å². The molecule has 2 aromatic carbocycles. The minimum Gasteiger partial charge on any atom is -0.494 e. The zero-order valence-corrected chi connectivity index (χ0v) is 28.2. The summed E-state index contributed by atoms with van der Waals surface area (Å²) in [5, 5.41) is 23.9. The Morgan fingerprint density at radius 3 is 2.48 bits per heavy atom. The number of carbonyl (C=O) groups is 3. The van der Waals surface area contributed by atoms with Crippen LogP contribution in [-0.4, -0.2) is 100 Å². The number of imidazole rings is 1. The van der Waals surface area contributed by atoms with Crippen molar-refractivity contribution >= 4 is 35.8 Å². The number of nitrogens with zero attached hydrogens (tertiary/aromatic N) is 6. The van der Waals surface area contributed by atoms with Gasteiger partial charge in [-0.1, -0.05) is 6.92 Å². The van der Waals surface area contributed by atoms with Crippen molar-refractivity contribution in [3.8, 4) is 23.1 Å². The first-order valence-corrected chi connectivity index (χ1v) is 16.0. The summed E-state index contributed by atoms with van der Waals surface area (Å²) in [6.07, 6.45) is 5.12. The number of rotatable bonds is 7. The summed E-state index contributed by atoms with van der Waals surface area (Å²) in [7, 11) is 1.27. The molecule has 2 atom stereocenters. The smallest absolute Gasteiger partial charge is 0.254 e. The summed E-state index contributed by atoms with van der Waals surface area (Å²) in [6.45, 7) is 8.21. The molecule has 2 amide bonds. The maximum absolute atomic E-state index is 14.9. The van der Waals surface area contributed by atoms with Crippen LogP contribution < -0.4 is 15.4 Å². The molecule has 2 saturated heterocycles. The number of ether oxygens (including phenoxy) is 1. The summed E-state index contributed by atoms with van der Waals surface area (Å²) in [5.74, 6) is -2.45. The molecule has 15 heteroatoms. The minimum absolute atomic E-state index is 0.0307. The lowest BCUT2D eigenvalue weighted by molar-refractivity contribution is -0.141. The second kappa shape index (κ2) is 17.3. The molecule has 4 heterocycles. The van der Waals surface area contributed by atoms with Gasteiger partial charge in [0.25, 0.3) is 5.91 Å². The van der Waals surface area contributed by atoms with E-state index in [4.69, 9.17) is 14.8 Å². The van der Waals surface area contributed by atoms with Gasteiger partial charge in [0.15, 0.2) is 23.0 Å². The van der Waals surface area contributed by atoms with E-state index in [0.717, 1.165) is 5.56 Å². The van der Waals surface area contributed by atoms with Crippen molar-refractivity contribution in [1.29, 1.82) is 5.26 Å². The number of nitriles is 1. The summed E-state index contributed by atoms with van der Waals surface area (Å²) < 4.78 is 35.8. The molecule has 0 aliphatic carbocycles. The first kappa shape index (κ1) is 37.4. The quantitative estimate of drug-likeness (QED) is 0.261. The highest BCUT2D eigenvalue weighted by atomic mass is 19.2. The fraction of sp³-hybridized carbons (Fsp3) is 0.371. The molecule has 3 N–H and O–H groups in total. The molecule has 0 saturated carbocycles. The van der Waals surface area contributed by atoms with Crippen LogP contribution in [0, 0.1) is 28.9 Å². The predicted molar refractivity (Wildman–Crippen MR) is 182 cm³/mol. The average molecular weight is 691 g/mol. The fourth-order valence-corrected chi connectivity index (χ4v) is 6.07. The van der Waals surface area contributed by atoms with Gasteiger partial charge in [-0.2, -0.15) is 9.65 Å². The molecule has 13 nitrogen and oxygen atoms in total. The Morgan fingerprint density at radius 1 is 1.12 bits per heavy atom. The van der Waals surface area contributed by atoms with Crippen LogP contribution in [0.5, 0.6) is 5.75 Å². The van der Waals surface area contributed by atoms with Gasteiger partial charge in [0.05, 0.1) is 37.1 Å². The number of β-amino-alcohol motifs (C(OH)–C–C–N with tert-alkyl or cyclic N) is 1.